The number of nitro benzene ring substituents is 1. The number of non-ortho nitro benzene ring substituents is 1. The van der Waals surface area contributed by atoms with Gasteiger partial charge in [-0.25, -0.2) is 0 Å². The number of fused-ring (bicyclic) bond motifs is 3. The van der Waals surface area contributed by atoms with Gasteiger partial charge in [-0.2, -0.15) is 5.26 Å². The Balaban J connectivity index is 2.00. The molecule has 0 fully saturated rings. The maximum Gasteiger partial charge on any atom is 0.269 e. The van der Waals surface area contributed by atoms with E-state index in [4.69, 9.17) is 16.3 Å². The molecule has 26 heavy (non-hydrogen) atoms. The molecular weight excluding hydrogens is 352 g/mol. The Morgan fingerprint density at radius 3 is 2.69 bits per heavy atom. The third-order valence-electron chi connectivity index (χ3n) is 4.45. The molecule has 1 unspecified atom stereocenters. The average molecular weight is 363 g/mol. The van der Waals surface area contributed by atoms with Gasteiger partial charge in [0.25, 0.3) is 5.69 Å². The molecule has 4 rings (SSSR count). The Kier molecular flexibility index (Phi) is 3.83. The summed E-state index contributed by atoms with van der Waals surface area (Å²) < 4.78 is 5.77. The zero-order chi connectivity index (χ0) is 18.3. The van der Waals surface area contributed by atoms with Crippen molar-refractivity contribution < 1.29 is 9.66 Å². The maximum atomic E-state index is 11.1. The number of nitriles is 1. The van der Waals surface area contributed by atoms with Gasteiger partial charge in [0.05, 0.1) is 16.4 Å². The Hall–Kier alpha value is -3.36. The predicted octanol–water partition coefficient (Wildman–Crippen LogP) is 5.25. The largest absolute Gasteiger partial charge is 0.443 e. The molecule has 0 radical (unpaired) electrons. The third-order valence-corrected chi connectivity index (χ3v) is 4.73. The van der Waals surface area contributed by atoms with Crippen LogP contribution in [0.2, 0.25) is 0 Å². The van der Waals surface area contributed by atoms with E-state index in [0.717, 1.165) is 16.3 Å². The van der Waals surface area contributed by atoms with Crippen LogP contribution in [0.15, 0.2) is 71.5 Å². The van der Waals surface area contributed by atoms with Crippen molar-refractivity contribution in [2.45, 2.75) is 5.92 Å². The maximum absolute atomic E-state index is 11.1. The van der Waals surface area contributed by atoms with Crippen LogP contribution in [-0.2, 0) is 0 Å². The molecule has 3 aromatic carbocycles. The predicted molar refractivity (Wildman–Crippen MR) is 98.0 cm³/mol. The topological polar surface area (TPSA) is 76.2 Å². The Morgan fingerprint density at radius 1 is 1.12 bits per heavy atom. The smallest absolute Gasteiger partial charge is 0.269 e. The second-order valence-corrected chi connectivity index (χ2v) is 6.23. The fraction of sp³-hybridized carbons (Fsp3) is 0.0500. The Labute approximate surface area is 153 Å². The highest BCUT2D eigenvalue weighted by molar-refractivity contribution is 6.29. The van der Waals surface area contributed by atoms with Crippen molar-refractivity contribution in [2.24, 2.45) is 0 Å². The second-order valence-electron chi connectivity index (χ2n) is 5.89. The minimum atomic E-state index is -0.527. The van der Waals surface area contributed by atoms with Crippen LogP contribution in [0.1, 0.15) is 17.0 Å². The number of ether oxygens (including phenoxy) is 1. The first-order valence-electron chi connectivity index (χ1n) is 7.84. The number of nitro groups is 1. The van der Waals surface area contributed by atoms with Gasteiger partial charge in [0.15, 0.2) is 0 Å². The number of allylic oxidation sites excluding steroid dienone is 1. The molecule has 0 aromatic heterocycles. The molecule has 0 amide bonds. The lowest BCUT2D eigenvalue weighted by Gasteiger charge is -2.26. The van der Waals surface area contributed by atoms with Gasteiger partial charge in [-0.1, -0.05) is 48.5 Å². The van der Waals surface area contributed by atoms with Crippen molar-refractivity contribution in [3.05, 3.63) is 92.7 Å². The fourth-order valence-electron chi connectivity index (χ4n) is 3.29. The van der Waals surface area contributed by atoms with E-state index in [9.17, 15) is 15.4 Å². The fourth-order valence-corrected chi connectivity index (χ4v) is 3.52. The molecule has 5 nitrogen and oxygen atoms in total. The van der Waals surface area contributed by atoms with Crippen molar-refractivity contribution in [3.63, 3.8) is 0 Å². The van der Waals surface area contributed by atoms with E-state index in [1.54, 1.807) is 12.1 Å². The summed E-state index contributed by atoms with van der Waals surface area (Å²) in [5.74, 6) is 0.0457. The summed E-state index contributed by atoms with van der Waals surface area (Å²) in [7, 11) is 0. The first kappa shape index (κ1) is 16.1. The zero-order valence-corrected chi connectivity index (χ0v) is 14.1. The molecule has 0 aliphatic carbocycles. The normalized spacial score (nSPS) is 15.9. The van der Waals surface area contributed by atoms with E-state index >= 15 is 0 Å². The molecule has 0 bridgehead atoms. The molecular formula is C20H11ClN2O3. The molecule has 3 aromatic rings. The third kappa shape index (κ3) is 2.48. The lowest BCUT2D eigenvalue weighted by atomic mass is 9.83. The summed E-state index contributed by atoms with van der Waals surface area (Å²) in [6.07, 6.45) is 0. The first-order chi connectivity index (χ1) is 12.6. The van der Waals surface area contributed by atoms with Crippen LogP contribution >= 0.6 is 11.6 Å². The molecule has 126 valence electrons. The van der Waals surface area contributed by atoms with Crippen molar-refractivity contribution in [3.8, 4) is 11.8 Å². The van der Waals surface area contributed by atoms with Crippen molar-refractivity contribution in [2.75, 3.05) is 0 Å². The highest BCUT2D eigenvalue weighted by atomic mass is 35.5. The van der Waals surface area contributed by atoms with E-state index in [1.807, 2.05) is 36.4 Å². The van der Waals surface area contributed by atoms with Crippen LogP contribution in [0, 0.1) is 21.4 Å². The van der Waals surface area contributed by atoms with Crippen LogP contribution in [0.4, 0.5) is 5.69 Å². The first-order valence-corrected chi connectivity index (χ1v) is 8.21. The molecule has 0 saturated heterocycles. The minimum absolute atomic E-state index is 0.00661. The van der Waals surface area contributed by atoms with Gasteiger partial charge >= 0.3 is 0 Å². The van der Waals surface area contributed by atoms with Gasteiger partial charge in [-0.3, -0.25) is 10.1 Å². The van der Waals surface area contributed by atoms with Crippen LogP contribution < -0.4 is 4.74 Å². The standard InChI is InChI=1S/C20H11ClN2O3/c21-20-17(11-22)18(13-5-3-6-14(10-13)23(24)25)16-9-8-12-4-1-2-7-15(12)19(16)26-20/h1-10,18H. The Bertz CT molecular complexity index is 1130. The number of halogens is 1. The van der Waals surface area contributed by atoms with E-state index in [2.05, 4.69) is 6.07 Å². The van der Waals surface area contributed by atoms with Gasteiger partial charge in [0, 0.05) is 23.1 Å². The van der Waals surface area contributed by atoms with Gasteiger partial charge in [0.2, 0.25) is 5.22 Å². The van der Waals surface area contributed by atoms with E-state index < -0.39 is 10.8 Å². The van der Waals surface area contributed by atoms with Gasteiger partial charge in [0.1, 0.15) is 11.8 Å². The summed E-state index contributed by atoms with van der Waals surface area (Å²) in [5, 5.41) is 22.6. The molecule has 0 saturated carbocycles. The van der Waals surface area contributed by atoms with Crippen LogP contribution in [0.5, 0.6) is 5.75 Å². The number of hydrogen-bond acceptors (Lipinski definition) is 4. The summed E-state index contributed by atoms with van der Waals surface area (Å²) in [5.41, 5.74) is 1.57. The summed E-state index contributed by atoms with van der Waals surface area (Å²) in [4.78, 5) is 10.7. The quantitative estimate of drug-likeness (QED) is 0.461. The molecule has 0 N–H and O–H groups in total. The van der Waals surface area contributed by atoms with Gasteiger partial charge in [-0.15, -0.1) is 0 Å². The molecule has 1 atom stereocenters. The van der Waals surface area contributed by atoms with E-state index in [1.165, 1.54) is 12.1 Å². The van der Waals surface area contributed by atoms with Crippen molar-refractivity contribution in [1.29, 1.82) is 5.26 Å². The average Bonchev–Trinajstić information content (AvgIpc) is 2.67. The van der Waals surface area contributed by atoms with Gasteiger partial charge < -0.3 is 4.74 Å². The molecule has 0 spiro atoms. The van der Waals surface area contributed by atoms with E-state index in [-0.39, 0.29) is 16.5 Å². The molecule has 1 aliphatic rings. The highest BCUT2D eigenvalue weighted by Crippen LogP contribution is 2.47. The van der Waals surface area contributed by atoms with Crippen LogP contribution in [-0.4, -0.2) is 4.92 Å². The second kappa shape index (κ2) is 6.17. The number of nitrogens with zero attached hydrogens (tertiary/aromatic N) is 2. The zero-order valence-electron chi connectivity index (χ0n) is 13.3. The number of hydrogen-bond donors (Lipinski definition) is 0. The lowest BCUT2D eigenvalue weighted by Crippen LogP contribution is -2.14. The SMILES string of the molecule is N#CC1=C(Cl)Oc2c(ccc3ccccc23)C1c1cccc([N+](=O)[O-])c1. The van der Waals surface area contributed by atoms with Crippen LogP contribution in [0.3, 0.4) is 0 Å². The van der Waals surface area contributed by atoms with E-state index in [0.29, 0.717) is 11.3 Å². The Morgan fingerprint density at radius 2 is 1.92 bits per heavy atom. The van der Waals surface area contributed by atoms with Crippen molar-refractivity contribution in [1.82, 2.24) is 0 Å². The van der Waals surface area contributed by atoms with Gasteiger partial charge in [-0.05, 0) is 22.6 Å². The summed E-state index contributed by atoms with van der Waals surface area (Å²) in [6.45, 7) is 0. The molecule has 6 heteroatoms. The lowest BCUT2D eigenvalue weighted by molar-refractivity contribution is -0.384. The summed E-state index contributed by atoms with van der Waals surface area (Å²) in [6, 6.07) is 19.8. The monoisotopic (exact) mass is 362 g/mol. The minimum Gasteiger partial charge on any atom is -0.443 e. The number of rotatable bonds is 2. The number of benzene rings is 3. The van der Waals surface area contributed by atoms with Crippen molar-refractivity contribution >= 4 is 28.1 Å². The molecule has 1 aliphatic heterocycles. The van der Waals surface area contributed by atoms with Crippen LogP contribution in [0.25, 0.3) is 10.8 Å². The highest BCUT2D eigenvalue weighted by Gasteiger charge is 2.32. The molecule has 1 heterocycles. The summed E-state index contributed by atoms with van der Waals surface area (Å²) >= 11 is 6.26.